The monoisotopic (exact) mass is 447 g/mol. The van der Waals surface area contributed by atoms with Gasteiger partial charge in [0, 0.05) is 11.1 Å². The highest BCUT2D eigenvalue weighted by atomic mass is 35.5. The second-order valence-electron chi connectivity index (χ2n) is 6.79. The van der Waals surface area contributed by atoms with Gasteiger partial charge in [-0.05, 0) is 25.1 Å². The quantitative estimate of drug-likeness (QED) is 0.421. The lowest BCUT2D eigenvalue weighted by Gasteiger charge is -2.19. The molecule has 11 heteroatoms. The molecule has 0 aliphatic rings. The van der Waals surface area contributed by atoms with Gasteiger partial charge in [-0.1, -0.05) is 17.7 Å². The third kappa shape index (κ3) is 3.30. The molecule has 152 valence electrons. The van der Waals surface area contributed by atoms with Gasteiger partial charge in [-0.3, -0.25) is 0 Å². The highest BCUT2D eigenvalue weighted by Gasteiger charge is 2.20. The van der Waals surface area contributed by atoms with Gasteiger partial charge < -0.3 is 11.1 Å². The highest BCUT2D eigenvalue weighted by Crippen LogP contribution is 2.33. The van der Waals surface area contributed by atoms with Crippen molar-refractivity contribution in [2.24, 2.45) is 0 Å². The van der Waals surface area contributed by atoms with E-state index < -0.39 is 0 Å². The zero-order valence-electron chi connectivity index (χ0n) is 16.1. The molecule has 0 amide bonds. The summed E-state index contributed by atoms with van der Waals surface area (Å²) in [5.74, 6) is 0.472. The van der Waals surface area contributed by atoms with Gasteiger partial charge in [0.05, 0.1) is 33.7 Å². The number of halogens is 1. The molecule has 0 bridgehead atoms. The molecular weight excluding hydrogens is 434 g/mol. The Labute approximate surface area is 185 Å². The average molecular weight is 448 g/mol. The smallest absolute Gasteiger partial charge is 0.155 e. The summed E-state index contributed by atoms with van der Waals surface area (Å²) in [5, 5.41) is 17.9. The Kier molecular flexibility index (Phi) is 4.62. The molecule has 0 fully saturated rings. The van der Waals surface area contributed by atoms with Crippen molar-refractivity contribution >= 4 is 50.4 Å². The Morgan fingerprint density at radius 3 is 2.94 bits per heavy atom. The average Bonchev–Trinajstić information content (AvgIpc) is 3.39. The number of fused-ring (bicyclic) bond motifs is 2. The lowest BCUT2D eigenvalue weighted by atomic mass is 10.0. The van der Waals surface area contributed by atoms with Crippen LogP contribution in [0.15, 0.2) is 42.3 Å². The molecule has 0 aliphatic heterocycles. The van der Waals surface area contributed by atoms with Crippen LogP contribution < -0.4 is 11.1 Å². The highest BCUT2D eigenvalue weighted by molar-refractivity contribution is 7.16. The maximum absolute atomic E-state index is 9.44. The van der Waals surface area contributed by atoms with Crippen molar-refractivity contribution in [1.82, 2.24) is 29.5 Å². The Morgan fingerprint density at radius 2 is 2.10 bits per heavy atom. The van der Waals surface area contributed by atoms with Crippen molar-refractivity contribution in [3.8, 4) is 17.3 Å². The van der Waals surface area contributed by atoms with Gasteiger partial charge in [-0.2, -0.15) is 10.4 Å². The summed E-state index contributed by atoms with van der Waals surface area (Å²) in [4.78, 5) is 16.8. The number of imidazole rings is 1. The van der Waals surface area contributed by atoms with Gasteiger partial charge in [0.2, 0.25) is 0 Å². The number of rotatable bonds is 4. The minimum absolute atomic E-state index is 0.120. The molecule has 31 heavy (non-hydrogen) atoms. The predicted molar refractivity (Wildman–Crippen MR) is 120 cm³/mol. The number of hydrogen-bond acceptors (Lipinski definition) is 9. The molecule has 9 nitrogen and oxygen atoms in total. The minimum Gasteiger partial charge on any atom is -0.382 e. The molecule has 0 saturated heterocycles. The fourth-order valence-corrected chi connectivity index (χ4v) is 4.19. The Hall–Kier alpha value is -3.81. The van der Waals surface area contributed by atoms with E-state index in [1.807, 2.05) is 42.8 Å². The number of nitrogen functional groups attached to an aromatic ring is 1. The molecule has 0 aliphatic carbocycles. The molecular formula is C20H14ClN9S. The van der Waals surface area contributed by atoms with E-state index >= 15 is 0 Å². The van der Waals surface area contributed by atoms with E-state index in [2.05, 4.69) is 25.3 Å². The number of thiazole rings is 1. The summed E-state index contributed by atoms with van der Waals surface area (Å²) in [5.41, 5.74) is 11.8. The summed E-state index contributed by atoms with van der Waals surface area (Å²) >= 11 is 7.85. The first kappa shape index (κ1) is 19.2. The minimum atomic E-state index is -0.282. The Bertz CT molecular complexity index is 1480. The standard InChI is InChI=1S/C20H14ClN9S/c1-10(28-20-13(6-22)19(23)25-8-26-20)12-5-17-24-7-16(21)30(17)29-18(12)11-2-3-15-14(4-11)27-9-31-15/h2-5,7-10H,1H3,(H3,23,25,26,28)/t10-/m1/s1. The van der Waals surface area contributed by atoms with Crippen LogP contribution in [0.2, 0.25) is 5.15 Å². The van der Waals surface area contributed by atoms with E-state index in [0.29, 0.717) is 22.3 Å². The topological polar surface area (TPSA) is 131 Å². The number of nitrogens with zero attached hydrogens (tertiary/aromatic N) is 7. The maximum Gasteiger partial charge on any atom is 0.155 e. The van der Waals surface area contributed by atoms with Crippen molar-refractivity contribution in [3.63, 3.8) is 0 Å². The van der Waals surface area contributed by atoms with Gasteiger partial charge in [0.25, 0.3) is 0 Å². The van der Waals surface area contributed by atoms with E-state index in [4.69, 9.17) is 22.4 Å². The largest absolute Gasteiger partial charge is 0.382 e. The van der Waals surface area contributed by atoms with Crippen LogP contribution in [0, 0.1) is 11.3 Å². The molecule has 4 heterocycles. The summed E-state index contributed by atoms with van der Waals surface area (Å²) < 4.78 is 2.68. The number of nitrogens with two attached hydrogens (primary N) is 1. The van der Waals surface area contributed by atoms with E-state index in [9.17, 15) is 5.26 Å². The van der Waals surface area contributed by atoms with Gasteiger partial charge in [-0.15, -0.1) is 11.3 Å². The molecule has 0 saturated carbocycles. The molecule has 1 aromatic carbocycles. The van der Waals surface area contributed by atoms with Crippen LogP contribution in [-0.2, 0) is 0 Å². The van der Waals surface area contributed by atoms with Gasteiger partial charge >= 0.3 is 0 Å². The third-order valence-electron chi connectivity index (χ3n) is 4.89. The number of hydrogen-bond donors (Lipinski definition) is 2. The number of nitriles is 1. The van der Waals surface area contributed by atoms with E-state index in [0.717, 1.165) is 21.3 Å². The van der Waals surface area contributed by atoms with Crippen molar-refractivity contribution in [2.75, 3.05) is 11.1 Å². The normalized spacial score (nSPS) is 12.2. The zero-order valence-corrected chi connectivity index (χ0v) is 17.7. The fraction of sp³-hybridized carbons (Fsp3) is 0.100. The first-order chi connectivity index (χ1) is 15.0. The Morgan fingerprint density at radius 1 is 1.23 bits per heavy atom. The van der Waals surface area contributed by atoms with Crippen LogP contribution in [0.1, 0.15) is 24.1 Å². The van der Waals surface area contributed by atoms with Gasteiger partial charge in [0.1, 0.15) is 29.6 Å². The number of nitrogens with one attached hydrogen (secondary N) is 1. The molecule has 3 N–H and O–H groups in total. The molecule has 0 spiro atoms. The zero-order chi connectivity index (χ0) is 21.5. The SMILES string of the molecule is C[C@@H](Nc1ncnc(N)c1C#N)c1cc2ncc(Cl)n2nc1-c1ccc2scnc2c1. The summed E-state index contributed by atoms with van der Waals surface area (Å²) in [6.07, 6.45) is 2.87. The first-order valence-electron chi connectivity index (χ1n) is 9.20. The van der Waals surface area contributed by atoms with Crippen LogP contribution in [0.3, 0.4) is 0 Å². The van der Waals surface area contributed by atoms with E-state index in [-0.39, 0.29) is 17.4 Å². The van der Waals surface area contributed by atoms with Crippen LogP contribution in [0.5, 0.6) is 0 Å². The second-order valence-corrected chi connectivity index (χ2v) is 8.07. The van der Waals surface area contributed by atoms with E-state index in [1.54, 1.807) is 22.0 Å². The third-order valence-corrected chi connectivity index (χ3v) is 5.96. The molecule has 5 rings (SSSR count). The lowest BCUT2D eigenvalue weighted by molar-refractivity contribution is 0.840. The summed E-state index contributed by atoms with van der Waals surface area (Å²) in [6.45, 7) is 1.95. The molecule has 0 radical (unpaired) electrons. The van der Waals surface area contributed by atoms with Gasteiger partial charge in [0.15, 0.2) is 10.8 Å². The molecule has 5 aromatic rings. The van der Waals surface area contributed by atoms with Crippen LogP contribution >= 0.6 is 22.9 Å². The molecule has 0 unspecified atom stereocenters. The summed E-state index contributed by atoms with van der Waals surface area (Å²) in [6, 6.07) is 9.68. The van der Waals surface area contributed by atoms with Gasteiger partial charge in [-0.25, -0.2) is 24.5 Å². The van der Waals surface area contributed by atoms with Crippen LogP contribution in [0.25, 0.3) is 27.1 Å². The first-order valence-corrected chi connectivity index (χ1v) is 10.5. The second kappa shape index (κ2) is 7.46. The van der Waals surface area contributed by atoms with Crippen LogP contribution in [0.4, 0.5) is 11.6 Å². The van der Waals surface area contributed by atoms with Crippen molar-refractivity contribution in [2.45, 2.75) is 13.0 Å². The van der Waals surface area contributed by atoms with Crippen LogP contribution in [-0.4, -0.2) is 29.5 Å². The molecule has 1 atom stereocenters. The van der Waals surface area contributed by atoms with Crippen molar-refractivity contribution < 1.29 is 0 Å². The van der Waals surface area contributed by atoms with Crippen molar-refractivity contribution in [3.05, 3.63) is 58.6 Å². The summed E-state index contributed by atoms with van der Waals surface area (Å²) in [7, 11) is 0. The lowest BCUT2D eigenvalue weighted by Crippen LogP contribution is -2.13. The number of anilines is 2. The van der Waals surface area contributed by atoms with Crippen molar-refractivity contribution in [1.29, 1.82) is 5.26 Å². The molecule has 4 aromatic heterocycles. The number of benzene rings is 1. The van der Waals surface area contributed by atoms with E-state index in [1.165, 1.54) is 6.33 Å². The maximum atomic E-state index is 9.44. The Balaban J connectivity index is 1.66. The predicted octanol–water partition coefficient (Wildman–Crippen LogP) is 4.08. The fourth-order valence-electron chi connectivity index (χ4n) is 3.36. The number of aromatic nitrogens is 6.